The van der Waals surface area contributed by atoms with E-state index in [4.69, 9.17) is 18.9 Å². The maximum Gasteiger partial charge on any atom is 0.264 e. The van der Waals surface area contributed by atoms with Gasteiger partial charge in [0.1, 0.15) is 24.1 Å². The van der Waals surface area contributed by atoms with E-state index < -0.39 is 28.5 Å². The van der Waals surface area contributed by atoms with E-state index in [1.807, 2.05) is 6.92 Å². The highest BCUT2D eigenvalue weighted by Crippen LogP contribution is 2.33. The van der Waals surface area contributed by atoms with Gasteiger partial charge in [-0.1, -0.05) is 12.1 Å². The van der Waals surface area contributed by atoms with Gasteiger partial charge in [-0.2, -0.15) is 0 Å². The number of rotatable bonds is 15. The number of hydrogen-bond donors (Lipinski definition) is 1. The third-order valence-corrected chi connectivity index (χ3v) is 8.43. The highest BCUT2D eigenvalue weighted by atomic mass is 32.2. The summed E-state index contributed by atoms with van der Waals surface area (Å²) in [4.78, 5) is 28.2. The Morgan fingerprint density at radius 3 is 2.16 bits per heavy atom. The average molecular weight is 614 g/mol. The van der Waals surface area contributed by atoms with Gasteiger partial charge in [-0.05, 0) is 74.9 Å². The molecule has 0 unspecified atom stereocenters. The summed E-state index contributed by atoms with van der Waals surface area (Å²) in [5, 5.41) is 2.74. The molecule has 0 aromatic heterocycles. The molecule has 1 atom stereocenters. The summed E-state index contributed by atoms with van der Waals surface area (Å²) in [6, 6.07) is 16.8. The van der Waals surface area contributed by atoms with E-state index >= 15 is 0 Å². The zero-order valence-corrected chi connectivity index (χ0v) is 26.1. The second kappa shape index (κ2) is 15.1. The Morgan fingerprint density at radius 2 is 1.56 bits per heavy atom. The van der Waals surface area contributed by atoms with Crippen molar-refractivity contribution < 1.29 is 37.0 Å². The molecule has 0 heterocycles. The molecule has 0 bridgehead atoms. The molecule has 0 aliphatic rings. The van der Waals surface area contributed by atoms with Crippen LogP contribution >= 0.6 is 0 Å². The molecule has 12 heteroatoms. The van der Waals surface area contributed by atoms with Crippen LogP contribution in [0.1, 0.15) is 26.3 Å². The Kier molecular flexibility index (Phi) is 11.6. The predicted molar refractivity (Wildman–Crippen MR) is 163 cm³/mol. The Hall–Kier alpha value is -4.45. The molecular formula is C31H39N3O8S. The quantitative estimate of drug-likeness (QED) is 0.274. The lowest BCUT2D eigenvalue weighted by molar-refractivity contribution is -0.139. The first-order valence-corrected chi connectivity index (χ1v) is 15.2. The molecule has 0 aliphatic heterocycles. The molecule has 43 heavy (non-hydrogen) atoms. The summed E-state index contributed by atoms with van der Waals surface area (Å²) in [5.41, 5.74) is 0.942. The molecular weight excluding hydrogens is 574 g/mol. The number of nitrogens with zero attached hydrogens (tertiary/aromatic N) is 2. The van der Waals surface area contributed by atoms with Crippen LogP contribution in [0.2, 0.25) is 0 Å². The number of anilines is 1. The average Bonchev–Trinajstić information content (AvgIpc) is 3.02. The zero-order chi connectivity index (χ0) is 31.6. The second-order valence-electron chi connectivity index (χ2n) is 9.40. The minimum absolute atomic E-state index is 0.0435. The number of sulfonamides is 1. The van der Waals surface area contributed by atoms with Crippen LogP contribution in [0.25, 0.3) is 0 Å². The first-order valence-electron chi connectivity index (χ1n) is 13.8. The Balaban J connectivity index is 2.08. The lowest BCUT2D eigenvalue weighted by atomic mass is 10.1. The molecule has 0 radical (unpaired) electrons. The van der Waals surface area contributed by atoms with Crippen LogP contribution in [0.5, 0.6) is 23.0 Å². The zero-order valence-electron chi connectivity index (χ0n) is 25.3. The van der Waals surface area contributed by atoms with Crippen LogP contribution in [0.3, 0.4) is 0 Å². The number of methoxy groups -OCH3 is 3. The number of amides is 2. The van der Waals surface area contributed by atoms with Crippen LogP contribution in [-0.4, -0.2) is 72.2 Å². The van der Waals surface area contributed by atoms with E-state index in [0.29, 0.717) is 36.0 Å². The fraction of sp³-hybridized carbons (Fsp3) is 0.355. The van der Waals surface area contributed by atoms with Crippen molar-refractivity contribution >= 4 is 27.5 Å². The van der Waals surface area contributed by atoms with E-state index in [-0.39, 0.29) is 28.8 Å². The molecule has 0 saturated carbocycles. The summed E-state index contributed by atoms with van der Waals surface area (Å²) in [7, 11) is 0.0707. The van der Waals surface area contributed by atoms with E-state index in [1.165, 1.54) is 44.4 Å². The van der Waals surface area contributed by atoms with Crippen LogP contribution < -0.4 is 28.6 Å². The lowest BCUT2D eigenvalue weighted by Crippen LogP contribution is -2.51. The maximum atomic E-state index is 14.1. The van der Waals surface area contributed by atoms with Crippen molar-refractivity contribution in [1.29, 1.82) is 0 Å². The van der Waals surface area contributed by atoms with Crippen LogP contribution in [0.15, 0.2) is 71.6 Å². The van der Waals surface area contributed by atoms with Gasteiger partial charge in [0.25, 0.3) is 10.0 Å². The number of nitrogens with one attached hydrogen (secondary N) is 1. The SMILES string of the molecule is CCNC(=O)[C@H](C)N(Cc1cccc(OC)c1)C(=O)CN(c1ccc(OCC)cc1)S(=O)(=O)c1ccc(OC)c(OC)c1. The van der Waals surface area contributed by atoms with E-state index in [2.05, 4.69) is 5.32 Å². The third kappa shape index (κ3) is 8.10. The van der Waals surface area contributed by atoms with Crippen molar-refractivity contribution in [3.05, 3.63) is 72.3 Å². The minimum atomic E-state index is -4.32. The number of ether oxygens (including phenoxy) is 4. The highest BCUT2D eigenvalue weighted by molar-refractivity contribution is 7.92. The summed E-state index contributed by atoms with van der Waals surface area (Å²) in [6.07, 6.45) is 0. The molecule has 3 rings (SSSR count). The smallest absolute Gasteiger partial charge is 0.264 e. The largest absolute Gasteiger partial charge is 0.497 e. The first kappa shape index (κ1) is 33.1. The lowest BCUT2D eigenvalue weighted by Gasteiger charge is -2.32. The first-order chi connectivity index (χ1) is 20.6. The maximum absolute atomic E-state index is 14.1. The molecule has 0 aliphatic carbocycles. The van der Waals surface area contributed by atoms with Gasteiger partial charge in [-0.25, -0.2) is 8.42 Å². The number of carbonyl (C=O) groups excluding carboxylic acids is 2. The summed E-state index contributed by atoms with van der Waals surface area (Å²) in [5.74, 6) is 0.748. The summed E-state index contributed by atoms with van der Waals surface area (Å²) >= 11 is 0. The Morgan fingerprint density at radius 1 is 0.860 bits per heavy atom. The standard InChI is InChI=1S/C31H39N3O8S/c1-7-32-31(36)22(3)33(20-23-10-9-11-26(18-23)39-4)30(35)21-34(24-12-14-25(15-13-24)42-8-2)43(37,38)27-16-17-28(40-5)29(19-27)41-6/h9-19,22H,7-8,20-21H2,1-6H3,(H,32,36)/t22-/m0/s1. The van der Waals surface area contributed by atoms with Crippen LogP contribution in [0.4, 0.5) is 5.69 Å². The molecule has 1 N–H and O–H groups in total. The molecule has 11 nitrogen and oxygen atoms in total. The van der Waals surface area contributed by atoms with Gasteiger partial charge in [-0.3, -0.25) is 13.9 Å². The predicted octanol–water partition coefficient (Wildman–Crippen LogP) is 3.86. The molecule has 0 saturated heterocycles. The number of likely N-dealkylation sites (N-methyl/N-ethyl adjacent to an activating group) is 1. The topological polar surface area (TPSA) is 124 Å². The van der Waals surface area contributed by atoms with Crippen LogP contribution in [-0.2, 0) is 26.2 Å². The highest BCUT2D eigenvalue weighted by Gasteiger charge is 2.33. The fourth-order valence-corrected chi connectivity index (χ4v) is 5.81. The molecule has 0 fully saturated rings. The van der Waals surface area contributed by atoms with Crippen molar-refractivity contribution in [2.75, 3.05) is 45.3 Å². The van der Waals surface area contributed by atoms with E-state index in [1.54, 1.807) is 62.4 Å². The monoisotopic (exact) mass is 613 g/mol. The third-order valence-electron chi connectivity index (χ3n) is 6.66. The summed E-state index contributed by atoms with van der Waals surface area (Å²) in [6.45, 7) is 5.49. The Bertz CT molecular complexity index is 1500. The van der Waals surface area contributed by atoms with Crippen LogP contribution in [0, 0.1) is 0 Å². The van der Waals surface area contributed by atoms with Gasteiger partial charge < -0.3 is 29.2 Å². The van der Waals surface area contributed by atoms with Gasteiger partial charge in [0.2, 0.25) is 11.8 Å². The van der Waals surface area contributed by atoms with E-state index in [9.17, 15) is 18.0 Å². The fourth-order valence-electron chi connectivity index (χ4n) is 4.38. The summed E-state index contributed by atoms with van der Waals surface area (Å²) < 4.78 is 50.8. The second-order valence-corrected chi connectivity index (χ2v) is 11.3. The van der Waals surface area contributed by atoms with Gasteiger partial charge in [0.05, 0.1) is 38.5 Å². The molecule has 3 aromatic carbocycles. The van der Waals surface area contributed by atoms with Gasteiger partial charge in [0.15, 0.2) is 11.5 Å². The van der Waals surface area contributed by atoms with Crippen molar-refractivity contribution in [2.24, 2.45) is 0 Å². The molecule has 232 valence electrons. The molecule has 3 aromatic rings. The Labute approximate surface area is 253 Å². The normalized spacial score (nSPS) is 11.7. The number of benzene rings is 3. The van der Waals surface area contributed by atoms with Gasteiger partial charge >= 0.3 is 0 Å². The van der Waals surface area contributed by atoms with Gasteiger partial charge in [0, 0.05) is 19.2 Å². The number of hydrogen-bond acceptors (Lipinski definition) is 8. The minimum Gasteiger partial charge on any atom is -0.497 e. The number of carbonyl (C=O) groups is 2. The van der Waals surface area contributed by atoms with Crippen molar-refractivity contribution in [3.8, 4) is 23.0 Å². The van der Waals surface area contributed by atoms with E-state index in [0.717, 1.165) is 4.31 Å². The van der Waals surface area contributed by atoms with Crippen molar-refractivity contribution in [3.63, 3.8) is 0 Å². The van der Waals surface area contributed by atoms with Crippen molar-refractivity contribution in [1.82, 2.24) is 10.2 Å². The van der Waals surface area contributed by atoms with Gasteiger partial charge in [-0.15, -0.1) is 0 Å². The van der Waals surface area contributed by atoms with Crippen molar-refractivity contribution in [2.45, 2.75) is 38.3 Å². The molecule has 2 amide bonds. The molecule has 0 spiro atoms.